The Morgan fingerprint density at radius 3 is 2.33 bits per heavy atom. The van der Waals surface area contributed by atoms with Crippen LogP contribution in [0.25, 0.3) is 11.1 Å². The maximum Gasteiger partial charge on any atom is 0.0713 e. The Morgan fingerprint density at radius 2 is 1.78 bits per heavy atom. The SMILES string of the molecule is COCc1c[c]c(-c2cc(C)cc(C)c2)c(Cl)c1. The van der Waals surface area contributed by atoms with Gasteiger partial charge in [-0.05, 0) is 43.2 Å². The second kappa shape index (κ2) is 5.55. The summed E-state index contributed by atoms with van der Waals surface area (Å²) >= 11 is 6.32. The van der Waals surface area contributed by atoms with Crippen molar-refractivity contribution in [2.24, 2.45) is 0 Å². The molecule has 0 N–H and O–H groups in total. The van der Waals surface area contributed by atoms with E-state index in [0.29, 0.717) is 6.61 Å². The molecule has 0 amide bonds. The lowest BCUT2D eigenvalue weighted by Gasteiger charge is -2.08. The summed E-state index contributed by atoms with van der Waals surface area (Å²) in [4.78, 5) is 0. The Kier molecular flexibility index (Phi) is 4.05. The number of benzene rings is 2. The molecule has 1 nitrogen and oxygen atoms in total. The van der Waals surface area contributed by atoms with E-state index in [-0.39, 0.29) is 0 Å². The summed E-state index contributed by atoms with van der Waals surface area (Å²) in [5.41, 5.74) is 5.56. The van der Waals surface area contributed by atoms with Crippen LogP contribution in [0.1, 0.15) is 16.7 Å². The number of hydrogen-bond acceptors (Lipinski definition) is 1. The smallest absolute Gasteiger partial charge is 0.0713 e. The van der Waals surface area contributed by atoms with Gasteiger partial charge < -0.3 is 4.74 Å². The van der Waals surface area contributed by atoms with Crippen LogP contribution < -0.4 is 0 Å². The Morgan fingerprint density at radius 1 is 1.11 bits per heavy atom. The summed E-state index contributed by atoms with van der Waals surface area (Å²) in [6.07, 6.45) is 0. The molecule has 0 saturated heterocycles. The van der Waals surface area contributed by atoms with Crippen LogP contribution in [0.15, 0.2) is 30.3 Å². The topological polar surface area (TPSA) is 9.23 Å². The summed E-state index contributed by atoms with van der Waals surface area (Å²) in [7, 11) is 1.67. The molecule has 2 aromatic carbocycles. The van der Waals surface area contributed by atoms with Gasteiger partial charge in [-0.1, -0.05) is 40.9 Å². The second-order valence-electron chi connectivity index (χ2n) is 4.54. The van der Waals surface area contributed by atoms with Crippen molar-refractivity contribution < 1.29 is 4.74 Å². The van der Waals surface area contributed by atoms with E-state index < -0.39 is 0 Å². The van der Waals surface area contributed by atoms with Gasteiger partial charge in [-0.15, -0.1) is 0 Å². The molecule has 1 radical (unpaired) electrons. The van der Waals surface area contributed by atoms with E-state index in [0.717, 1.165) is 21.7 Å². The Balaban J connectivity index is 2.44. The molecule has 0 aliphatic rings. The molecule has 18 heavy (non-hydrogen) atoms. The first-order valence-electron chi connectivity index (χ1n) is 5.88. The molecule has 0 fully saturated rings. The van der Waals surface area contributed by atoms with Crippen LogP contribution in [0.5, 0.6) is 0 Å². The third kappa shape index (κ3) is 2.92. The third-order valence-corrected chi connectivity index (χ3v) is 3.07. The molecular weight excluding hydrogens is 244 g/mol. The van der Waals surface area contributed by atoms with Crippen LogP contribution in [-0.4, -0.2) is 7.11 Å². The summed E-state index contributed by atoms with van der Waals surface area (Å²) in [6, 6.07) is 13.5. The predicted octanol–water partition coefficient (Wildman–Crippen LogP) is 4.57. The number of aryl methyl sites for hydroxylation is 2. The van der Waals surface area contributed by atoms with Gasteiger partial charge in [0.25, 0.3) is 0 Å². The van der Waals surface area contributed by atoms with Crippen LogP contribution in [0.3, 0.4) is 0 Å². The number of hydrogen-bond donors (Lipinski definition) is 0. The van der Waals surface area contributed by atoms with Crippen molar-refractivity contribution in [2.45, 2.75) is 20.5 Å². The molecule has 0 heterocycles. The normalized spacial score (nSPS) is 10.7. The standard InChI is InChI=1S/C16H16ClO/c1-11-6-12(2)8-14(7-11)15-5-4-13(10-18-3)9-16(15)17/h4,6-9H,10H2,1-3H3. The lowest BCUT2D eigenvalue weighted by molar-refractivity contribution is 0.185. The second-order valence-corrected chi connectivity index (χ2v) is 4.95. The monoisotopic (exact) mass is 259 g/mol. The van der Waals surface area contributed by atoms with Crippen molar-refractivity contribution in [3.8, 4) is 11.1 Å². The van der Waals surface area contributed by atoms with Gasteiger partial charge in [-0.2, -0.15) is 0 Å². The minimum atomic E-state index is 0.559. The lowest BCUT2D eigenvalue weighted by atomic mass is 10.00. The highest BCUT2D eigenvalue weighted by Gasteiger charge is 2.06. The first-order valence-corrected chi connectivity index (χ1v) is 6.25. The Bertz CT molecular complexity index is 541. The van der Waals surface area contributed by atoms with Gasteiger partial charge in [0, 0.05) is 17.7 Å². The number of ether oxygens (including phenoxy) is 1. The summed E-state index contributed by atoms with van der Waals surface area (Å²) < 4.78 is 5.09. The molecule has 93 valence electrons. The van der Waals surface area contributed by atoms with Crippen LogP contribution >= 0.6 is 11.6 Å². The molecule has 0 saturated carbocycles. The fourth-order valence-electron chi connectivity index (χ4n) is 2.10. The number of rotatable bonds is 3. The molecule has 2 heteroatoms. The Hall–Kier alpha value is -1.31. The summed E-state index contributed by atoms with van der Waals surface area (Å²) in [5.74, 6) is 0. The van der Waals surface area contributed by atoms with Crippen molar-refractivity contribution >= 4 is 11.6 Å². The molecule has 2 rings (SSSR count). The molecule has 0 spiro atoms. The van der Waals surface area contributed by atoms with E-state index in [1.54, 1.807) is 7.11 Å². The number of halogens is 1. The largest absolute Gasteiger partial charge is 0.380 e. The van der Waals surface area contributed by atoms with E-state index in [2.05, 4.69) is 38.1 Å². The zero-order chi connectivity index (χ0) is 13.1. The van der Waals surface area contributed by atoms with Crippen molar-refractivity contribution in [3.05, 3.63) is 58.1 Å². The molecule has 0 unspecified atom stereocenters. The van der Waals surface area contributed by atoms with E-state index in [9.17, 15) is 0 Å². The minimum Gasteiger partial charge on any atom is -0.380 e. The van der Waals surface area contributed by atoms with Gasteiger partial charge in [-0.3, -0.25) is 0 Å². The van der Waals surface area contributed by atoms with E-state index in [1.165, 1.54) is 11.1 Å². The van der Waals surface area contributed by atoms with Gasteiger partial charge >= 0.3 is 0 Å². The zero-order valence-corrected chi connectivity index (χ0v) is 11.6. The van der Waals surface area contributed by atoms with Gasteiger partial charge in [0.1, 0.15) is 0 Å². The van der Waals surface area contributed by atoms with Crippen molar-refractivity contribution in [2.75, 3.05) is 7.11 Å². The number of methoxy groups -OCH3 is 1. The highest BCUT2D eigenvalue weighted by molar-refractivity contribution is 6.33. The van der Waals surface area contributed by atoms with Crippen molar-refractivity contribution in [3.63, 3.8) is 0 Å². The lowest BCUT2D eigenvalue weighted by Crippen LogP contribution is -1.90. The van der Waals surface area contributed by atoms with Crippen LogP contribution in [0.2, 0.25) is 5.02 Å². The molecule has 0 aromatic heterocycles. The molecule has 0 aliphatic heterocycles. The van der Waals surface area contributed by atoms with E-state index in [4.69, 9.17) is 16.3 Å². The van der Waals surface area contributed by atoms with Crippen molar-refractivity contribution in [1.82, 2.24) is 0 Å². The molecule has 0 atom stereocenters. The maximum absolute atomic E-state index is 6.32. The molecule has 2 aromatic rings. The predicted molar refractivity (Wildman–Crippen MR) is 75.9 cm³/mol. The van der Waals surface area contributed by atoms with E-state index >= 15 is 0 Å². The average molecular weight is 260 g/mol. The van der Waals surface area contributed by atoms with Gasteiger partial charge in [0.15, 0.2) is 0 Å². The average Bonchev–Trinajstić information content (AvgIpc) is 2.28. The highest BCUT2D eigenvalue weighted by Crippen LogP contribution is 2.29. The fourth-order valence-corrected chi connectivity index (χ4v) is 2.40. The van der Waals surface area contributed by atoms with Crippen molar-refractivity contribution in [1.29, 1.82) is 0 Å². The van der Waals surface area contributed by atoms with Crippen LogP contribution in [0.4, 0.5) is 0 Å². The first-order chi connectivity index (χ1) is 8.60. The third-order valence-electron chi connectivity index (χ3n) is 2.77. The van der Waals surface area contributed by atoms with Crippen LogP contribution in [-0.2, 0) is 11.3 Å². The van der Waals surface area contributed by atoms with Gasteiger partial charge in [0.2, 0.25) is 0 Å². The zero-order valence-electron chi connectivity index (χ0n) is 10.9. The quantitative estimate of drug-likeness (QED) is 0.785. The van der Waals surface area contributed by atoms with Gasteiger partial charge in [-0.25, -0.2) is 0 Å². The Labute approximate surface area is 113 Å². The maximum atomic E-state index is 6.32. The summed E-state index contributed by atoms with van der Waals surface area (Å²) in [6.45, 7) is 4.73. The van der Waals surface area contributed by atoms with Crippen LogP contribution in [0, 0.1) is 19.9 Å². The van der Waals surface area contributed by atoms with E-state index in [1.807, 2.05) is 12.1 Å². The van der Waals surface area contributed by atoms with Gasteiger partial charge in [0.05, 0.1) is 6.61 Å². The first kappa shape index (κ1) is 13.1. The molecule has 0 bridgehead atoms. The highest BCUT2D eigenvalue weighted by atomic mass is 35.5. The molecule has 0 aliphatic carbocycles. The minimum absolute atomic E-state index is 0.559. The fraction of sp³-hybridized carbons (Fsp3) is 0.250. The summed E-state index contributed by atoms with van der Waals surface area (Å²) in [5, 5.41) is 0.717. The molecular formula is C16H16ClO.